The largest absolute Gasteiger partial charge is 0.350 e. The van der Waals surface area contributed by atoms with Crippen LogP contribution >= 0.6 is 0 Å². The van der Waals surface area contributed by atoms with E-state index >= 15 is 0 Å². The van der Waals surface area contributed by atoms with Gasteiger partial charge in [0.05, 0.1) is 0 Å². The summed E-state index contributed by atoms with van der Waals surface area (Å²) in [6.07, 6.45) is 0. The van der Waals surface area contributed by atoms with Gasteiger partial charge in [0.1, 0.15) is 24.2 Å². The smallest absolute Gasteiger partial charge is 0.332 e. The predicted octanol–water partition coefficient (Wildman–Crippen LogP) is 2.75. The Morgan fingerprint density at radius 1 is 1.11 bits per heavy atom. The van der Waals surface area contributed by atoms with Crippen molar-refractivity contribution in [2.45, 2.75) is 26.4 Å². The number of nitrogens with one attached hydrogen (secondary N) is 1. The van der Waals surface area contributed by atoms with E-state index < -0.39 is 36.2 Å². The molecule has 0 bridgehead atoms. The number of aryl methyl sites for hydroxylation is 1. The second-order valence-corrected chi connectivity index (χ2v) is 6.59. The SMILES string of the molecule is Cc1ccc(CNC(=O)CN2C(=O)C(C)N(c3ccc(F)cc3)C2=O)cc1F. The number of rotatable bonds is 5. The van der Waals surface area contributed by atoms with Crippen molar-refractivity contribution >= 4 is 23.5 Å². The molecule has 1 unspecified atom stereocenters. The first-order valence-electron chi connectivity index (χ1n) is 8.70. The normalized spacial score (nSPS) is 16.6. The maximum absolute atomic E-state index is 13.6. The van der Waals surface area contributed by atoms with Gasteiger partial charge >= 0.3 is 6.03 Å². The Labute approximate surface area is 160 Å². The molecule has 0 saturated carbocycles. The van der Waals surface area contributed by atoms with E-state index in [4.69, 9.17) is 0 Å². The lowest BCUT2D eigenvalue weighted by atomic mass is 10.1. The molecule has 0 aromatic heterocycles. The molecule has 6 nitrogen and oxygen atoms in total. The summed E-state index contributed by atoms with van der Waals surface area (Å²) in [5.74, 6) is -1.90. The van der Waals surface area contributed by atoms with E-state index in [0.717, 1.165) is 4.90 Å². The molecular weight excluding hydrogens is 368 g/mol. The third-order valence-corrected chi connectivity index (χ3v) is 4.58. The number of amides is 4. The molecule has 0 aliphatic carbocycles. The number of hydrogen-bond donors (Lipinski definition) is 1. The highest BCUT2D eigenvalue weighted by molar-refractivity contribution is 6.15. The molecule has 28 heavy (non-hydrogen) atoms. The van der Waals surface area contributed by atoms with Crippen LogP contribution in [0.3, 0.4) is 0 Å². The van der Waals surface area contributed by atoms with E-state index in [1.807, 2.05) is 0 Å². The van der Waals surface area contributed by atoms with Crippen LogP contribution in [0, 0.1) is 18.6 Å². The Hall–Kier alpha value is -3.29. The molecule has 1 N–H and O–H groups in total. The Bertz CT molecular complexity index is 931. The summed E-state index contributed by atoms with van der Waals surface area (Å²) >= 11 is 0. The Kier molecular flexibility index (Phi) is 5.39. The lowest BCUT2D eigenvalue weighted by Gasteiger charge is -2.19. The number of hydrogen-bond acceptors (Lipinski definition) is 3. The topological polar surface area (TPSA) is 69.7 Å². The van der Waals surface area contributed by atoms with Crippen molar-refractivity contribution < 1.29 is 23.2 Å². The number of halogens is 2. The average molecular weight is 387 g/mol. The van der Waals surface area contributed by atoms with Crippen LogP contribution in [0.2, 0.25) is 0 Å². The molecule has 8 heteroatoms. The van der Waals surface area contributed by atoms with Crippen molar-refractivity contribution in [1.29, 1.82) is 0 Å². The van der Waals surface area contributed by atoms with Crippen molar-refractivity contribution in [2.75, 3.05) is 11.4 Å². The van der Waals surface area contributed by atoms with Gasteiger partial charge in [-0.15, -0.1) is 0 Å². The van der Waals surface area contributed by atoms with Gasteiger partial charge in [-0.25, -0.2) is 13.6 Å². The van der Waals surface area contributed by atoms with Gasteiger partial charge in [0.2, 0.25) is 5.91 Å². The van der Waals surface area contributed by atoms with Crippen molar-refractivity contribution in [2.24, 2.45) is 0 Å². The predicted molar refractivity (Wildman–Crippen MR) is 98.4 cm³/mol. The van der Waals surface area contributed by atoms with Crippen molar-refractivity contribution in [3.05, 3.63) is 65.2 Å². The van der Waals surface area contributed by atoms with Gasteiger partial charge in [0, 0.05) is 12.2 Å². The maximum atomic E-state index is 13.6. The summed E-state index contributed by atoms with van der Waals surface area (Å²) in [4.78, 5) is 39.3. The van der Waals surface area contributed by atoms with Gasteiger partial charge in [-0.05, 0) is 55.3 Å². The van der Waals surface area contributed by atoms with Crippen LogP contribution in [0.5, 0.6) is 0 Å². The standard InChI is InChI=1S/C20H19F2N3O3/c1-12-3-4-14(9-17(12)22)10-23-18(26)11-24-19(27)13(2)25(20(24)28)16-7-5-15(21)6-8-16/h3-9,13H,10-11H2,1-2H3,(H,23,26). The van der Waals surface area contributed by atoms with Gasteiger partial charge in [-0.2, -0.15) is 0 Å². The van der Waals surface area contributed by atoms with Crippen LogP contribution in [-0.4, -0.2) is 35.3 Å². The highest BCUT2D eigenvalue weighted by Crippen LogP contribution is 2.25. The Balaban J connectivity index is 1.65. The van der Waals surface area contributed by atoms with Gasteiger partial charge in [-0.3, -0.25) is 19.4 Å². The van der Waals surface area contributed by atoms with E-state index in [0.29, 0.717) is 16.8 Å². The first-order valence-corrected chi connectivity index (χ1v) is 8.70. The number of imide groups is 1. The summed E-state index contributed by atoms with van der Waals surface area (Å²) in [5, 5.41) is 2.57. The number of carbonyl (C=O) groups excluding carboxylic acids is 3. The monoisotopic (exact) mass is 387 g/mol. The minimum Gasteiger partial charge on any atom is -0.350 e. The minimum atomic E-state index is -0.808. The molecule has 1 saturated heterocycles. The Morgan fingerprint density at radius 2 is 1.79 bits per heavy atom. The van der Waals surface area contributed by atoms with E-state index in [9.17, 15) is 23.2 Å². The number of anilines is 1. The molecule has 1 aliphatic heterocycles. The Morgan fingerprint density at radius 3 is 2.43 bits per heavy atom. The molecule has 4 amide bonds. The number of benzene rings is 2. The first-order chi connectivity index (χ1) is 13.3. The van der Waals surface area contributed by atoms with Crippen LogP contribution < -0.4 is 10.2 Å². The molecule has 2 aromatic rings. The van der Waals surface area contributed by atoms with Crippen LogP contribution in [0.1, 0.15) is 18.1 Å². The average Bonchev–Trinajstić information content (AvgIpc) is 2.87. The molecule has 1 aliphatic rings. The minimum absolute atomic E-state index is 0.0729. The van der Waals surface area contributed by atoms with Gasteiger partial charge < -0.3 is 5.32 Å². The summed E-state index contributed by atoms with van der Waals surface area (Å²) in [6.45, 7) is 2.80. The quantitative estimate of drug-likeness (QED) is 0.802. The fraction of sp³-hybridized carbons (Fsp3) is 0.250. The van der Waals surface area contributed by atoms with E-state index in [1.165, 1.54) is 42.2 Å². The second kappa shape index (κ2) is 7.75. The number of urea groups is 1. The van der Waals surface area contributed by atoms with Gasteiger partial charge in [-0.1, -0.05) is 12.1 Å². The molecule has 146 valence electrons. The van der Waals surface area contributed by atoms with Crippen molar-refractivity contribution in [3.63, 3.8) is 0 Å². The molecule has 3 rings (SSSR count). The molecule has 1 heterocycles. The maximum Gasteiger partial charge on any atom is 0.332 e. The summed E-state index contributed by atoms with van der Waals surface area (Å²) in [7, 11) is 0. The second-order valence-electron chi connectivity index (χ2n) is 6.59. The van der Waals surface area contributed by atoms with E-state index in [-0.39, 0.29) is 12.4 Å². The lowest BCUT2D eigenvalue weighted by molar-refractivity contribution is -0.131. The van der Waals surface area contributed by atoms with E-state index in [1.54, 1.807) is 19.1 Å². The molecular formula is C20H19F2N3O3. The zero-order chi connectivity index (χ0) is 20.4. The fourth-order valence-corrected chi connectivity index (χ4v) is 2.95. The van der Waals surface area contributed by atoms with Crippen molar-refractivity contribution in [3.8, 4) is 0 Å². The van der Waals surface area contributed by atoms with Gasteiger partial charge in [0.15, 0.2) is 0 Å². The number of carbonyl (C=O) groups is 3. The summed E-state index contributed by atoms with van der Waals surface area (Å²) < 4.78 is 26.7. The van der Waals surface area contributed by atoms with Crippen molar-refractivity contribution in [1.82, 2.24) is 10.2 Å². The van der Waals surface area contributed by atoms with Crippen LogP contribution in [0.4, 0.5) is 19.3 Å². The summed E-state index contributed by atoms with van der Waals surface area (Å²) in [6, 6.07) is 8.32. The number of nitrogens with zero attached hydrogens (tertiary/aromatic N) is 2. The highest BCUT2D eigenvalue weighted by atomic mass is 19.1. The zero-order valence-corrected chi connectivity index (χ0v) is 15.4. The molecule has 1 atom stereocenters. The zero-order valence-electron chi connectivity index (χ0n) is 15.4. The molecule has 0 radical (unpaired) electrons. The highest BCUT2D eigenvalue weighted by Gasteiger charge is 2.43. The molecule has 2 aromatic carbocycles. The van der Waals surface area contributed by atoms with Crippen LogP contribution in [0.25, 0.3) is 0 Å². The summed E-state index contributed by atoms with van der Waals surface area (Å²) in [5.41, 5.74) is 1.43. The van der Waals surface area contributed by atoms with Crippen LogP contribution in [0.15, 0.2) is 42.5 Å². The third kappa shape index (κ3) is 3.85. The third-order valence-electron chi connectivity index (χ3n) is 4.58. The van der Waals surface area contributed by atoms with Gasteiger partial charge in [0.25, 0.3) is 5.91 Å². The first kappa shape index (κ1) is 19.5. The fourth-order valence-electron chi connectivity index (χ4n) is 2.95. The van der Waals surface area contributed by atoms with Crippen LogP contribution in [-0.2, 0) is 16.1 Å². The molecule has 0 spiro atoms. The lowest BCUT2D eigenvalue weighted by Crippen LogP contribution is -2.41. The molecule has 1 fully saturated rings. The van der Waals surface area contributed by atoms with E-state index in [2.05, 4.69) is 5.32 Å².